The third-order valence-electron chi connectivity index (χ3n) is 3.03. The molecule has 0 spiro atoms. The highest BCUT2D eigenvalue weighted by atomic mass is 16.5. The minimum absolute atomic E-state index is 0.675. The number of fused-ring (bicyclic) bond motifs is 1. The summed E-state index contributed by atoms with van der Waals surface area (Å²) < 4.78 is 7.04. The third kappa shape index (κ3) is 3.21. The van der Waals surface area contributed by atoms with Gasteiger partial charge in [-0.05, 0) is 37.6 Å². The molecule has 2 heterocycles. The highest BCUT2D eigenvalue weighted by Gasteiger charge is 2.12. The van der Waals surface area contributed by atoms with Gasteiger partial charge >= 0.3 is 0 Å². The lowest BCUT2D eigenvalue weighted by Gasteiger charge is -2.25. The third-order valence-corrected chi connectivity index (χ3v) is 3.03. The van der Waals surface area contributed by atoms with Crippen molar-refractivity contribution >= 4 is 11.5 Å². The van der Waals surface area contributed by atoms with Gasteiger partial charge < -0.3 is 15.4 Å². The fraction of sp³-hybridized carbons (Fsp3) is 0.538. The first-order chi connectivity index (χ1) is 9.26. The molecule has 0 fully saturated rings. The Bertz CT molecular complexity index is 517. The van der Waals surface area contributed by atoms with E-state index in [1.54, 1.807) is 13.4 Å². The summed E-state index contributed by atoms with van der Waals surface area (Å²) in [7, 11) is 1.71. The fourth-order valence-corrected chi connectivity index (χ4v) is 2.09. The van der Waals surface area contributed by atoms with Crippen LogP contribution in [0.5, 0.6) is 0 Å². The largest absolute Gasteiger partial charge is 0.383 e. The van der Waals surface area contributed by atoms with Gasteiger partial charge in [0.1, 0.15) is 12.1 Å². The number of nitrogens with two attached hydrogens (primary N) is 1. The van der Waals surface area contributed by atoms with E-state index in [9.17, 15) is 0 Å². The number of aryl methyl sites for hydroxylation is 1. The van der Waals surface area contributed by atoms with E-state index in [-0.39, 0.29) is 0 Å². The van der Waals surface area contributed by atoms with Crippen molar-refractivity contribution in [1.29, 1.82) is 0 Å². The first-order valence-electron chi connectivity index (χ1n) is 6.50. The van der Waals surface area contributed by atoms with Crippen LogP contribution in [0.15, 0.2) is 18.5 Å². The highest BCUT2D eigenvalue weighted by Crippen LogP contribution is 2.18. The molecule has 2 N–H and O–H groups in total. The van der Waals surface area contributed by atoms with Gasteiger partial charge in [0.2, 0.25) is 0 Å². The number of aromatic nitrogens is 3. The first-order valence-corrected chi connectivity index (χ1v) is 6.50. The van der Waals surface area contributed by atoms with Crippen molar-refractivity contribution < 1.29 is 4.74 Å². The van der Waals surface area contributed by atoms with E-state index >= 15 is 0 Å². The minimum atomic E-state index is 0.675. The summed E-state index contributed by atoms with van der Waals surface area (Å²) >= 11 is 0. The van der Waals surface area contributed by atoms with Gasteiger partial charge in [-0.25, -0.2) is 4.98 Å². The average Bonchev–Trinajstić information content (AvgIpc) is 2.86. The van der Waals surface area contributed by atoms with E-state index in [1.165, 1.54) is 5.56 Å². The molecule has 104 valence electrons. The quantitative estimate of drug-likeness (QED) is 0.801. The highest BCUT2D eigenvalue weighted by molar-refractivity contribution is 5.52. The maximum atomic E-state index is 5.61. The zero-order valence-electron chi connectivity index (χ0n) is 11.5. The van der Waals surface area contributed by atoms with Gasteiger partial charge in [-0.1, -0.05) is 0 Å². The molecule has 0 radical (unpaired) electrons. The molecule has 19 heavy (non-hydrogen) atoms. The summed E-state index contributed by atoms with van der Waals surface area (Å²) in [6.07, 6.45) is 2.52. The minimum Gasteiger partial charge on any atom is -0.383 e. The molecular weight excluding hydrogens is 242 g/mol. The van der Waals surface area contributed by atoms with Gasteiger partial charge in [-0.2, -0.15) is 9.61 Å². The van der Waals surface area contributed by atoms with Crippen molar-refractivity contribution in [2.45, 2.75) is 13.3 Å². The van der Waals surface area contributed by atoms with Crippen LogP contribution in [-0.4, -0.2) is 47.9 Å². The van der Waals surface area contributed by atoms with Gasteiger partial charge in [0.15, 0.2) is 5.65 Å². The maximum Gasteiger partial charge on any atom is 0.157 e. The number of methoxy groups -OCH3 is 1. The van der Waals surface area contributed by atoms with E-state index in [0.717, 1.165) is 31.0 Å². The summed E-state index contributed by atoms with van der Waals surface area (Å²) in [6.45, 7) is 5.12. The molecule has 0 unspecified atom stereocenters. The molecular formula is C13H21N5O. The molecule has 0 saturated carbocycles. The molecule has 0 atom stereocenters. The molecule has 6 nitrogen and oxygen atoms in total. The van der Waals surface area contributed by atoms with Gasteiger partial charge in [-0.3, -0.25) is 0 Å². The predicted molar refractivity (Wildman–Crippen MR) is 75.5 cm³/mol. The average molecular weight is 263 g/mol. The van der Waals surface area contributed by atoms with Crippen LogP contribution >= 0.6 is 0 Å². The molecule has 0 aromatic carbocycles. The molecule has 6 heteroatoms. The zero-order valence-corrected chi connectivity index (χ0v) is 11.5. The van der Waals surface area contributed by atoms with E-state index in [0.29, 0.717) is 13.2 Å². The normalized spacial score (nSPS) is 11.1. The first kappa shape index (κ1) is 13.8. The van der Waals surface area contributed by atoms with Crippen LogP contribution in [-0.2, 0) is 4.74 Å². The Balaban J connectivity index is 2.33. The van der Waals surface area contributed by atoms with E-state index in [1.807, 2.05) is 10.6 Å². The van der Waals surface area contributed by atoms with Crippen molar-refractivity contribution in [3.63, 3.8) is 0 Å². The molecule has 0 saturated heterocycles. The summed E-state index contributed by atoms with van der Waals surface area (Å²) in [4.78, 5) is 6.49. The zero-order chi connectivity index (χ0) is 13.7. The second-order valence-electron chi connectivity index (χ2n) is 4.54. The number of pyridine rings is 1. The molecule has 2 aromatic rings. The van der Waals surface area contributed by atoms with Crippen molar-refractivity contribution in [3.05, 3.63) is 24.0 Å². The number of ether oxygens (including phenoxy) is 1. The van der Waals surface area contributed by atoms with Crippen LogP contribution in [0, 0.1) is 6.92 Å². The van der Waals surface area contributed by atoms with Crippen LogP contribution in [0.25, 0.3) is 5.65 Å². The van der Waals surface area contributed by atoms with Gasteiger partial charge in [0.25, 0.3) is 0 Å². The monoisotopic (exact) mass is 263 g/mol. The Morgan fingerprint density at radius 2 is 2.21 bits per heavy atom. The number of hydrogen-bond acceptors (Lipinski definition) is 5. The van der Waals surface area contributed by atoms with Gasteiger partial charge in [0, 0.05) is 20.2 Å². The number of nitrogens with zero attached hydrogens (tertiary/aromatic N) is 4. The molecule has 0 aliphatic carbocycles. The van der Waals surface area contributed by atoms with E-state index < -0.39 is 0 Å². The van der Waals surface area contributed by atoms with Crippen molar-refractivity contribution in [2.24, 2.45) is 5.73 Å². The van der Waals surface area contributed by atoms with Crippen molar-refractivity contribution in [1.82, 2.24) is 14.6 Å². The topological polar surface area (TPSA) is 68.7 Å². The smallest absolute Gasteiger partial charge is 0.157 e. The number of hydrogen-bond donors (Lipinski definition) is 1. The number of rotatable bonds is 7. The Morgan fingerprint density at radius 3 is 2.95 bits per heavy atom. The van der Waals surface area contributed by atoms with Crippen LogP contribution in [0.1, 0.15) is 12.0 Å². The fourth-order valence-electron chi connectivity index (χ4n) is 2.09. The molecule has 0 bridgehead atoms. The number of anilines is 1. The standard InChI is InChI=1S/C13H21N5O/c1-11-8-12-15-10-16-18(12)13(9-11)17(5-3-4-14)6-7-19-2/h8-10H,3-7,14H2,1-2H3. The second-order valence-corrected chi connectivity index (χ2v) is 4.54. The molecule has 0 amide bonds. The van der Waals surface area contributed by atoms with Crippen molar-refractivity contribution in [3.8, 4) is 0 Å². The summed E-state index contributed by atoms with van der Waals surface area (Å²) in [5, 5.41) is 4.29. The van der Waals surface area contributed by atoms with E-state index in [2.05, 4.69) is 28.0 Å². The van der Waals surface area contributed by atoms with Crippen LogP contribution in [0.2, 0.25) is 0 Å². The lowest BCUT2D eigenvalue weighted by molar-refractivity contribution is 0.205. The summed E-state index contributed by atoms with van der Waals surface area (Å²) in [5.74, 6) is 1.04. The predicted octanol–water partition coefficient (Wildman–Crippen LogP) is 0.839. The van der Waals surface area contributed by atoms with E-state index in [4.69, 9.17) is 10.5 Å². The molecule has 2 aromatic heterocycles. The van der Waals surface area contributed by atoms with Crippen LogP contribution < -0.4 is 10.6 Å². The maximum absolute atomic E-state index is 5.61. The molecule has 2 rings (SSSR count). The SMILES string of the molecule is COCCN(CCCN)c1cc(C)cc2ncnn12. The summed E-state index contributed by atoms with van der Waals surface area (Å²) in [5.41, 5.74) is 7.65. The van der Waals surface area contributed by atoms with Gasteiger partial charge in [0.05, 0.1) is 6.61 Å². The van der Waals surface area contributed by atoms with Crippen molar-refractivity contribution in [2.75, 3.05) is 38.3 Å². The second kappa shape index (κ2) is 6.49. The Labute approximate surface area is 113 Å². The van der Waals surface area contributed by atoms with Crippen LogP contribution in [0.3, 0.4) is 0 Å². The summed E-state index contributed by atoms with van der Waals surface area (Å²) in [6, 6.07) is 4.14. The molecule has 0 aliphatic heterocycles. The Hall–Kier alpha value is -1.66. The van der Waals surface area contributed by atoms with Gasteiger partial charge in [-0.15, -0.1) is 0 Å². The lowest BCUT2D eigenvalue weighted by Crippen LogP contribution is -2.31. The Morgan fingerprint density at radius 1 is 1.37 bits per heavy atom. The lowest BCUT2D eigenvalue weighted by atomic mass is 10.2. The molecule has 0 aliphatic rings. The Kier molecular flexibility index (Phi) is 4.70. The van der Waals surface area contributed by atoms with Crippen LogP contribution in [0.4, 0.5) is 5.82 Å².